The van der Waals surface area contributed by atoms with Gasteiger partial charge < -0.3 is 14.4 Å². The van der Waals surface area contributed by atoms with Crippen LogP contribution in [0.1, 0.15) is 25.3 Å². The topological polar surface area (TPSA) is 55.8 Å². The molecule has 0 aromatic heterocycles. The van der Waals surface area contributed by atoms with Crippen molar-refractivity contribution in [3.05, 3.63) is 29.8 Å². The molecule has 1 aromatic carbocycles. The molecule has 1 aliphatic rings. The molecule has 0 radical (unpaired) electrons. The van der Waals surface area contributed by atoms with E-state index in [9.17, 15) is 9.59 Å². The lowest BCUT2D eigenvalue weighted by atomic mass is 9.99. The van der Waals surface area contributed by atoms with E-state index >= 15 is 0 Å². The second-order valence-electron chi connectivity index (χ2n) is 5.04. The van der Waals surface area contributed by atoms with Gasteiger partial charge in [-0.25, -0.2) is 0 Å². The summed E-state index contributed by atoms with van der Waals surface area (Å²) in [4.78, 5) is 25.6. The normalized spacial score (nSPS) is 16.5. The van der Waals surface area contributed by atoms with Crippen LogP contribution in [0.25, 0.3) is 0 Å². The van der Waals surface area contributed by atoms with Crippen LogP contribution in [0, 0.1) is 0 Å². The monoisotopic (exact) mass is 277 g/mol. The van der Waals surface area contributed by atoms with Gasteiger partial charge in [0.15, 0.2) is 0 Å². The Balaban J connectivity index is 2.19. The molecule has 0 aliphatic carbocycles. The summed E-state index contributed by atoms with van der Waals surface area (Å²) in [5, 5.41) is 0. The number of hydrogen-bond acceptors (Lipinski definition) is 4. The van der Waals surface area contributed by atoms with E-state index < -0.39 is 5.97 Å². The van der Waals surface area contributed by atoms with E-state index in [1.54, 1.807) is 0 Å². The molecule has 1 atom stereocenters. The van der Waals surface area contributed by atoms with Crippen molar-refractivity contribution in [2.75, 3.05) is 20.3 Å². The van der Waals surface area contributed by atoms with E-state index in [0.717, 1.165) is 11.3 Å². The van der Waals surface area contributed by atoms with Crippen molar-refractivity contribution in [2.45, 2.75) is 25.8 Å². The van der Waals surface area contributed by atoms with Crippen LogP contribution in [-0.4, -0.2) is 43.1 Å². The Labute approximate surface area is 118 Å². The predicted octanol–water partition coefficient (Wildman–Crippen LogP) is 1.57. The van der Waals surface area contributed by atoms with E-state index in [0.29, 0.717) is 6.61 Å². The van der Waals surface area contributed by atoms with Gasteiger partial charge >= 0.3 is 5.97 Å². The molecule has 5 nitrogen and oxygen atoms in total. The number of esters is 1. The summed E-state index contributed by atoms with van der Waals surface area (Å²) in [6.45, 7) is 4.04. The Morgan fingerprint density at radius 3 is 2.75 bits per heavy atom. The van der Waals surface area contributed by atoms with Crippen LogP contribution in [0.3, 0.4) is 0 Å². The Bertz CT molecular complexity index is 512. The third kappa shape index (κ3) is 2.76. The molecule has 0 fully saturated rings. The number of amides is 1. The minimum Gasteiger partial charge on any atom is -0.492 e. The van der Waals surface area contributed by atoms with Crippen LogP contribution in [0.15, 0.2) is 24.3 Å². The van der Waals surface area contributed by atoms with Crippen molar-refractivity contribution in [3.63, 3.8) is 0 Å². The fourth-order valence-electron chi connectivity index (χ4n) is 2.29. The highest BCUT2D eigenvalue weighted by Crippen LogP contribution is 2.34. The summed E-state index contributed by atoms with van der Waals surface area (Å²) in [7, 11) is 1.32. The highest BCUT2D eigenvalue weighted by molar-refractivity contribution is 5.88. The van der Waals surface area contributed by atoms with Crippen LogP contribution in [0.4, 0.5) is 0 Å². The largest absolute Gasteiger partial charge is 0.492 e. The fourth-order valence-corrected chi connectivity index (χ4v) is 2.29. The Morgan fingerprint density at radius 2 is 2.10 bits per heavy atom. The number of para-hydroxylation sites is 1. The molecule has 5 heteroatoms. The molecule has 0 bridgehead atoms. The predicted molar refractivity (Wildman–Crippen MR) is 73.5 cm³/mol. The molecule has 20 heavy (non-hydrogen) atoms. The maximum absolute atomic E-state index is 12.6. The summed E-state index contributed by atoms with van der Waals surface area (Å²) < 4.78 is 10.2. The average Bonchev–Trinajstić information content (AvgIpc) is 2.87. The molecule has 1 amide bonds. The summed E-state index contributed by atoms with van der Waals surface area (Å²) in [6.07, 6.45) is 0. The first-order valence-electron chi connectivity index (χ1n) is 6.63. The summed E-state index contributed by atoms with van der Waals surface area (Å²) >= 11 is 0. The average molecular weight is 277 g/mol. The van der Waals surface area contributed by atoms with E-state index in [1.165, 1.54) is 12.0 Å². The van der Waals surface area contributed by atoms with Crippen molar-refractivity contribution in [1.82, 2.24) is 4.90 Å². The molecule has 108 valence electrons. The van der Waals surface area contributed by atoms with Crippen LogP contribution in [-0.2, 0) is 14.3 Å². The van der Waals surface area contributed by atoms with Crippen molar-refractivity contribution < 1.29 is 19.1 Å². The third-order valence-corrected chi connectivity index (χ3v) is 3.43. The SMILES string of the molecule is COC(=O)CN(C(=O)C1COc2ccccc21)C(C)C. The summed E-state index contributed by atoms with van der Waals surface area (Å²) in [6, 6.07) is 7.42. The maximum atomic E-state index is 12.6. The number of nitrogens with zero attached hydrogens (tertiary/aromatic N) is 1. The molecular formula is C15H19NO4. The maximum Gasteiger partial charge on any atom is 0.325 e. The zero-order valence-corrected chi connectivity index (χ0v) is 12.0. The van der Waals surface area contributed by atoms with Gasteiger partial charge in [0.2, 0.25) is 5.91 Å². The molecule has 0 saturated carbocycles. The Morgan fingerprint density at radius 1 is 1.40 bits per heavy atom. The lowest BCUT2D eigenvalue weighted by molar-refractivity contribution is -0.148. The second-order valence-corrected chi connectivity index (χ2v) is 5.04. The van der Waals surface area contributed by atoms with E-state index in [1.807, 2.05) is 38.1 Å². The molecule has 0 N–H and O–H groups in total. The number of benzene rings is 1. The van der Waals surface area contributed by atoms with Gasteiger partial charge in [0, 0.05) is 11.6 Å². The first kappa shape index (κ1) is 14.4. The third-order valence-electron chi connectivity index (χ3n) is 3.43. The van der Waals surface area contributed by atoms with Gasteiger partial charge in [0.05, 0.1) is 7.11 Å². The van der Waals surface area contributed by atoms with Gasteiger partial charge in [-0.05, 0) is 19.9 Å². The molecule has 0 spiro atoms. The number of hydrogen-bond donors (Lipinski definition) is 0. The smallest absolute Gasteiger partial charge is 0.325 e. The second kappa shape index (κ2) is 5.94. The molecule has 1 aliphatic heterocycles. The Hall–Kier alpha value is -2.04. The van der Waals surface area contributed by atoms with Gasteiger partial charge in [-0.15, -0.1) is 0 Å². The summed E-state index contributed by atoms with van der Waals surface area (Å²) in [5.74, 6) is -0.125. The van der Waals surface area contributed by atoms with Crippen molar-refractivity contribution in [2.24, 2.45) is 0 Å². The van der Waals surface area contributed by atoms with Crippen LogP contribution in [0.5, 0.6) is 5.75 Å². The lowest BCUT2D eigenvalue weighted by Crippen LogP contribution is -2.43. The number of ether oxygens (including phenoxy) is 2. The zero-order chi connectivity index (χ0) is 14.7. The van der Waals surface area contributed by atoms with Crippen molar-refractivity contribution in [1.29, 1.82) is 0 Å². The number of rotatable bonds is 4. The van der Waals surface area contributed by atoms with Gasteiger partial charge in [-0.3, -0.25) is 9.59 Å². The van der Waals surface area contributed by atoms with Crippen LogP contribution in [0.2, 0.25) is 0 Å². The molecule has 1 aromatic rings. The first-order valence-corrected chi connectivity index (χ1v) is 6.63. The van der Waals surface area contributed by atoms with Gasteiger partial charge in [0.1, 0.15) is 24.8 Å². The minimum atomic E-state index is -0.417. The highest BCUT2D eigenvalue weighted by atomic mass is 16.5. The van der Waals surface area contributed by atoms with Gasteiger partial charge in [-0.1, -0.05) is 18.2 Å². The Kier molecular flexibility index (Phi) is 4.27. The summed E-state index contributed by atoms with van der Waals surface area (Å²) in [5.41, 5.74) is 0.882. The van der Waals surface area contributed by atoms with Crippen molar-refractivity contribution >= 4 is 11.9 Å². The molecule has 1 heterocycles. The van der Waals surface area contributed by atoms with Crippen molar-refractivity contribution in [3.8, 4) is 5.75 Å². The van der Waals surface area contributed by atoms with E-state index in [2.05, 4.69) is 4.74 Å². The molecule has 0 saturated heterocycles. The minimum absolute atomic E-state index is 0.0360. The quantitative estimate of drug-likeness (QED) is 0.784. The lowest BCUT2D eigenvalue weighted by Gasteiger charge is -2.27. The standard InChI is InChI=1S/C15H19NO4/c1-10(2)16(8-14(17)19-3)15(18)12-9-20-13-7-5-4-6-11(12)13/h4-7,10,12H,8-9H2,1-3H3. The molecule has 2 rings (SSSR count). The van der Waals surface area contributed by atoms with Gasteiger partial charge in [-0.2, -0.15) is 0 Å². The highest BCUT2D eigenvalue weighted by Gasteiger charge is 2.34. The molecular weight excluding hydrogens is 258 g/mol. The van der Waals surface area contributed by atoms with Crippen LogP contribution < -0.4 is 4.74 Å². The first-order chi connectivity index (χ1) is 9.54. The van der Waals surface area contributed by atoms with Crippen LogP contribution >= 0.6 is 0 Å². The molecule has 1 unspecified atom stereocenters. The number of carbonyl (C=O) groups is 2. The van der Waals surface area contributed by atoms with Gasteiger partial charge in [0.25, 0.3) is 0 Å². The number of methoxy groups -OCH3 is 1. The van der Waals surface area contributed by atoms with E-state index in [4.69, 9.17) is 4.74 Å². The number of fused-ring (bicyclic) bond motifs is 1. The fraction of sp³-hybridized carbons (Fsp3) is 0.467. The zero-order valence-electron chi connectivity index (χ0n) is 12.0. The number of carbonyl (C=O) groups excluding carboxylic acids is 2. The van der Waals surface area contributed by atoms with E-state index in [-0.39, 0.29) is 24.4 Å².